The molecular weight excluding hydrogens is 298 g/mol. The molecule has 0 radical (unpaired) electrons. The zero-order chi connectivity index (χ0) is 12.8. The Hall–Kier alpha value is 0.580. The van der Waals surface area contributed by atoms with Gasteiger partial charge in [-0.05, 0) is 6.08 Å². The number of rotatable bonds is 7. The molecule has 0 aliphatic rings. The normalized spacial score (nSPS) is 18.6. The minimum absolute atomic E-state index is 0.0689. The van der Waals surface area contributed by atoms with Gasteiger partial charge >= 0.3 is 7.82 Å². The fourth-order valence-electron chi connectivity index (χ4n) is 0.775. The molecule has 0 saturated carbocycles. The molecule has 0 aromatic carbocycles. The van der Waals surface area contributed by atoms with Crippen molar-refractivity contribution in [2.75, 3.05) is 19.5 Å². The van der Waals surface area contributed by atoms with Gasteiger partial charge < -0.3 is 4.89 Å². The fraction of sp³-hybridized carbons (Fsp3) is 0.714. The highest BCUT2D eigenvalue weighted by molar-refractivity contribution is 7.85. The van der Waals surface area contributed by atoms with Crippen LogP contribution in [0, 0.1) is 0 Å². The van der Waals surface area contributed by atoms with E-state index < -0.39 is 23.9 Å². The van der Waals surface area contributed by atoms with Crippen LogP contribution < -0.4 is 0 Å². The Morgan fingerprint density at radius 3 is 2.56 bits per heavy atom. The van der Waals surface area contributed by atoms with Gasteiger partial charge in [0.05, 0.1) is 11.9 Å². The SMILES string of the molecule is CCS(=O)C(C=C(Cl)Cl)COP(=O)(O)OC. The van der Waals surface area contributed by atoms with Crippen molar-refractivity contribution in [1.82, 2.24) is 0 Å². The van der Waals surface area contributed by atoms with Gasteiger partial charge in [-0.15, -0.1) is 0 Å². The summed E-state index contributed by atoms with van der Waals surface area (Å²) in [5, 5.41) is -0.648. The van der Waals surface area contributed by atoms with E-state index >= 15 is 0 Å². The smallest absolute Gasteiger partial charge is 0.303 e. The second-order valence-corrected chi connectivity index (χ2v) is 7.12. The lowest BCUT2D eigenvalue weighted by molar-refractivity contribution is 0.177. The Bertz CT molecular complexity index is 318. The first-order valence-corrected chi connectivity index (χ1v) is 7.88. The summed E-state index contributed by atoms with van der Waals surface area (Å²) in [5.41, 5.74) is 0. The molecule has 0 amide bonds. The third kappa shape index (κ3) is 7.01. The van der Waals surface area contributed by atoms with Crippen molar-refractivity contribution in [3.8, 4) is 0 Å². The molecule has 0 aliphatic carbocycles. The lowest BCUT2D eigenvalue weighted by Crippen LogP contribution is -2.20. The van der Waals surface area contributed by atoms with Crippen LogP contribution in [0.5, 0.6) is 0 Å². The fourth-order valence-corrected chi connectivity index (χ4v) is 2.72. The first kappa shape index (κ1) is 16.6. The maximum atomic E-state index is 11.5. The van der Waals surface area contributed by atoms with E-state index in [0.29, 0.717) is 5.75 Å². The molecule has 1 N–H and O–H groups in total. The van der Waals surface area contributed by atoms with Crippen LogP contribution in [-0.2, 0) is 24.4 Å². The predicted molar refractivity (Wildman–Crippen MR) is 65.0 cm³/mol. The summed E-state index contributed by atoms with van der Waals surface area (Å²) in [6.45, 7) is 1.44. The van der Waals surface area contributed by atoms with Gasteiger partial charge in [0.15, 0.2) is 0 Å². The Balaban J connectivity index is 4.52. The molecule has 9 heteroatoms. The summed E-state index contributed by atoms with van der Waals surface area (Å²) in [6.07, 6.45) is 1.30. The molecule has 0 saturated heterocycles. The Kier molecular flexibility index (Phi) is 8.10. The average Bonchev–Trinajstić information content (AvgIpc) is 2.22. The maximum Gasteiger partial charge on any atom is 0.471 e. The monoisotopic (exact) mass is 310 g/mol. The van der Waals surface area contributed by atoms with Crippen molar-refractivity contribution in [2.45, 2.75) is 12.2 Å². The molecule has 0 fully saturated rings. The zero-order valence-electron chi connectivity index (χ0n) is 8.76. The lowest BCUT2D eigenvalue weighted by Gasteiger charge is -2.14. The summed E-state index contributed by atoms with van der Waals surface area (Å²) in [7, 11) is -4.31. The van der Waals surface area contributed by atoms with Gasteiger partial charge in [-0.3, -0.25) is 13.3 Å². The first-order valence-electron chi connectivity index (χ1n) is 4.25. The van der Waals surface area contributed by atoms with E-state index in [1.807, 2.05) is 0 Å². The van der Waals surface area contributed by atoms with E-state index in [1.54, 1.807) is 6.92 Å². The second kappa shape index (κ2) is 7.82. The van der Waals surface area contributed by atoms with Gasteiger partial charge in [0.25, 0.3) is 0 Å². The minimum atomic E-state index is -4.07. The number of phosphoric acid groups is 1. The van der Waals surface area contributed by atoms with Crippen molar-refractivity contribution < 1.29 is 22.7 Å². The predicted octanol–water partition coefficient (Wildman–Crippen LogP) is 2.21. The van der Waals surface area contributed by atoms with Gasteiger partial charge in [-0.1, -0.05) is 30.1 Å². The van der Waals surface area contributed by atoms with E-state index in [1.165, 1.54) is 6.08 Å². The molecule has 0 aromatic heterocycles. The van der Waals surface area contributed by atoms with Crippen LogP contribution in [0.3, 0.4) is 0 Å². The van der Waals surface area contributed by atoms with E-state index in [2.05, 4.69) is 9.05 Å². The summed E-state index contributed by atoms with van der Waals surface area (Å²) < 4.78 is 31.3. The number of halogens is 2. The Labute approximate surface area is 107 Å². The third-order valence-corrected chi connectivity index (χ3v) is 4.27. The van der Waals surface area contributed by atoms with Crippen molar-refractivity contribution in [2.24, 2.45) is 0 Å². The van der Waals surface area contributed by atoms with Crippen LogP contribution in [0.1, 0.15) is 6.92 Å². The highest BCUT2D eigenvalue weighted by atomic mass is 35.5. The molecule has 5 nitrogen and oxygen atoms in total. The van der Waals surface area contributed by atoms with Crippen LogP contribution in [-0.4, -0.2) is 33.8 Å². The van der Waals surface area contributed by atoms with Gasteiger partial charge in [0.1, 0.15) is 4.49 Å². The molecule has 0 aliphatic heterocycles. The molecule has 3 unspecified atom stereocenters. The van der Waals surface area contributed by atoms with Gasteiger partial charge in [-0.25, -0.2) is 4.57 Å². The standard InChI is InChI=1S/C7H13Cl2O5PS/c1-3-16(12)6(4-7(8)9)5-14-15(10,11)13-2/h4,6H,3,5H2,1-2H3,(H,10,11). The van der Waals surface area contributed by atoms with Crippen molar-refractivity contribution in [3.05, 3.63) is 10.6 Å². The van der Waals surface area contributed by atoms with Crippen molar-refractivity contribution in [3.63, 3.8) is 0 Å². The summed E-state index contributed by atoms with van der Waals surface area (Å²) in [5.74, 6) is 0.355. The molecule has 0 rings (SSSR count). The topological polar surface area (TPSA) is 72.8 Å². The molecule has 0 bridgehead atoms. The highest BCUT2D eigenvalue weighted by Gasteiger charge is 2.23. The van der Waals surface area contributed by atoms with Crippen LogP contribution in [0.2, 0.25) is 0 Å². The van der Waals surface area contributed by atoms with Crippen LogP contribution in [0.25, 0.3) is 0 Å². The van der Waals surface area contributed by atoms with E-state index in [9.17, 15) is 8.77 Å². The first-order chi connectivity index (χ1) is 7.32. The molecule has 0 spiro atoms. The van der Waals surface area contributed by atoms with E-state index in [0.717, 1.165) is 7.11 Å². The average molecular weight is 311 g/mol. The molecule has 16 heavy (non-hydrogen) atoms. The third-order valence-electron chi connectivity index (χ3n) is 1.57. The number of hydrogen-bond donors (Lipinski definition) is 1. The maximum absolute atomic E-state index is 11.5. The highest BCUT2D eigenvalue weighted by Crippen LogP contribution is 2.42. The van der Waals surface area contributed by atoms with E-state index in [4.69, 9.17) is 28.1 Å². The summed E-state index contributed by atoms with van der Waals surface area (Å²) >= 11 is 10.9. The van der Waals surface area contributed by atoms with Gasteiger partial charge in [0, 0.05) is 23.7 Å². The zero-order valence-corrected chi connectivity index (χ0v) is 12.0. The number of phosphoric ester groups is 1. The summed E-state index contributed by atoms with van der Waals surface area (Å²) in [4.78, 5) is 8.99. The van der Waals surface area contributed by atoms with Crippen LogP contribution in [0.15, 0.2) is 10.6 Å². The molecule has 3 atom stereocenters. The Morgan fingerprint density at radius 2 is 2.19 bits per heavy atom. The molecular formula is C7H13Cl2O5PS. The van der Waals surface area contributed by atoms with Crippen molar-refractivity contribution >= 4 is 41.8 Å². The lowest BCUT2D eigenvalue weighted by atomic mass is 10.4. The molecule has 96 valence electrons. The quantitative estimate of drug-likeness (QED) is 0.730. The molecule has 0 heterocycles. The van der Waals surface area contributed by atoms with E-state index in [-0.39, 0.29) is 11.1 Å². The Morgan fingerprint density at radius 1 is 1.62 bits per heavy atom. The van der Waals surface area contributed by atoms with Crippen molar-refractivity contribution in [1.29, 1.82) is 0 Å². The number of hydrogen-bond acceptors (Lipinski definition) is 4. The van der Waals surface area contributed by atoms with Gasteiger partial charge in [0.2, 0.25) is 0 Å². The van der Waals surface area contributed by atoms with Gasteiger partial charge in [-0.2, -0.15) is 0 Å². The van der Waals surface area contributed by atoms with Crippen LogP contribution in [0.4, 0.5) is 0 Å². The summed E-state index contributed by atoms with van der Waals surface area (Å²) in [6, 6.07) is 0. The minimum Gasteiger partial charge on any atom is -0.303 e. The van der Waals surface area contributed by atoms with Crippen LogP contribution >= 0.6 is 31.0 Å². The second-order valence-electron chi connectivity index (χ2n) is 2.61. The largest absolute Gasteiger partial charge is 0.471 e. The molecule has 0 aromatic rings.